The number of benzene rings is 3. The third-order valence-electron chi connectivity index (χ3n) is 4.54. The summed E-state index contributed by atoms with van der Waals surface area (Å²) in [5.41, 5.74) is 2.33. The molecule has 0 aliphatic rings. The minimum Gasteiger partial charge on any atom is -0.367 e. The van der Waals surface area contributed by atoms with Crippen LogP contribution in [0, 0.1) is 0 Å². The Kier molecular flexibility index (Phi) is 6.27. The first-order chi connectivity index (χ1) is 14.9. The van der Waals surface area contributed by atoms with Gasteiger partial charge in [0, 0.05) is 16.6 Å². The van der Waals surface area contributed by atoms with Crippen LogP contribution in [0.25, 0.3) is 11.0 Å². The van der Waals surface area contributed by atoms with E-state index in [-0.39, 0.29) is 10.7 Å². The van der Waals surface area contributed by atoms with Gasteiger partial charge in [-0.15, -0.1) is 0 Å². The van der Waals surface area contributed by atoms with Crippen molar-refractivity contribution in [2.24, 2.45) is 0 Å². The summed E-state index contributed by atoms with van der Waals surface area (Å²) in [7, 11) is -3.87. The molecule has 6 nitrogen and oxygen atoms in total. The second-order valence-electron chi connectivity index (χ2n) is 6.77. The van der Waals surface area contributed by atoms with Crippen molar-refractivity contribution in [2.75, 3.05) is 16.6 Å². The molecular weight excluding hydrogens is 455 g/mol. The van der Waals surface area contributed by atoms with Crippen molar-refractivity contribution in [3.05, 3.63) is 88.4 Å². The van der Waals surface area contributed by atoms with Gasteiger partial charge >= 0.3 is 0 Å². The highest BCUT2D eigenvalue weighted by atomic mass is 35.5. The van der Waals surface area contributed by atoms with Crippen molar-refractivity contribution in [3.63, 3.8) is 0 Å². The Morgan fingerprint density at radius 3 is 1.90 bits per heavy atom. The highest BCUT2D eigenvalue weighted by Crippen LogP contribution is 2.25. The summed E-state index contributed by atoms with van der Waals surface area (Å²) in [6.07, 6.45) is 0.703. The zero-order valence-corrected chi connectivity index (χ0v) is 18.5. The summed E-state index contributed by atoms with van der Waals surface area (Å²) in [4.78, 5) is 9.13. The molecule has 0 saturated carbocycles. The fourth-order valence-electron chi connectivity index (χ4n) is 2.97. The number of rotatable bonds is 7. The first-order valence-electron chi connectivity index (χ1n) is 9.44. The molecule has 0 unspecified atom stereocenters. The van der Waals surface area contributed by atoms with E-state index in [1.807, 2.05) is 42.5 Å². The normalized spacial score (nSPS) is 11.4. The molecule has 158 valence electrons. The molecule has 9 heteroatoms. The fourth-order valence-corrected chi connectivity index (χ4v) is 4.23. The number of para-hydroxylation sites is 2. The topological polar surface area (TPSA) is 84.0 Å². The average molecular weight is 473 g/mol. The van der Waals surface area contributed by atoms with Crippen LogP contribution in [0.2, 0.25) is 10.0 Å². The number of anilines is 2. The second-order valence-corrected chi connectivity index (χ2v) is 9.33. The number of fused-ring (bicyclic) bond motifs is 1. The number of sulfonamides is 1. The molecule has 3 aromatic carbocycles. The van der Waals surface area contributed by atoms with Gasteiger partial charge in [-0.05, 0) is 60.5 Å². The molecule has 2 N–H and O–H groups in total. The Bertz CT molecular complexity index is 1310. The third kappa shape index (κ3) is 5.25. The van der Waals surface area contributed by atoms with Gasteiger partial charge in [0.2, 0.25) is 0 Å². The second kappa shape index (κ2) is 9.09. The lowest BCUT2D eigenvalue weighted by Gasteiger charge is -2.14. The van der Waals surface area contributed by atoms with Gasteiger partial charge < -0.3 is 5.32 Å². The molecule has 0 bridgehead atoms. The third-order valence-corrected chi connectivity index (χ3v) is 6.40. The maximum atomic E-state index is 12.9. The van der Waals surface area contributed by atoms with Crippen LogP contribution in [0.1, 0.15) is 5.56 Å². The van der Waals surface area contributed by atoms with Gasteiger partial charge in [0.1, 0.15) is 0 Å². The van der Waals surface area contributed by atoms with E-state index < -0.39 is 10.0 Å². The van der Waals surface area contributed by atoms with Crippen molar-refractivity contribution in [1.29, 1.82) is 0 Å². The van der Waals surface area contributed by atoms with Gasteiger partial charge in [0.15, 0.2) is 11.6 Å². The predicted molar refractivity (Wildman–Crippen MR) is 125 cm³/mol. The van der Waals surface area contributed by atoms with Crippen LogP contribution >= 0.6 is 23.2 Å². The number of hydrogen-bond acceptors (Lipinski definition) is 5. The Morgan fingerprint density at radius 1 is 0.742 bits per heavy atom. The molecule has 4 aromatic rings. The summed E-state index contributed by atoms with van der Waals surface area (Å²) < 4.78 is 28.3. The SMILES string of the molecule is O=S(=O)(Nc1nc2ccccc2nc1NCCc1ccc(Cl)cc1)c1ccc(Cl)cc1. The highest BCUT2D eigenvalue weighted by molar-refractivity contribution is 7.92. The van der Waals surface area contributed by atoms with E-state index in [9.17, 15) is 8.42 Å². The van der Waals surface area contributed by atoms with E-state index in [1.165, 1.54) is 24.3 Å². The quantitative estimate of drug-likeness (QED) is 0.376. The van der Waals surface area contributed by atoms with Crippen molar-refractivity contribution >= 4 is 55.9 Å². The average Bonchev–Trinajstić information content (AvgIpc) is 2.75. The Hall–Kier alpha value is -2.87. The minimum absolute atomic E-state index is 0.0824. The molecule has 0 saturated heterocycles. The number of halogens is 2. The molecule has 31 heavy (non-hydrogen) atoms. The Morgan fingerprint density at radius 2 is 1.29 bits per heavy atom. The Labute approximate surface area is 190 Å². The van der Waals surface area contributed by atoms with E-state index in [0.717, 1.165) is 5.56 Å². The fraction of sp³-hybridized carbons (Fsp3) is 0.0909. The van der Waals surface area contributed by atoms with Gasteiger partial charge in [0.25, 0.3) is 10.0 Å². The van der Waals surface area contributed by atoms with Gasteiger partial charge in [-0.25, -0.2) is 18.4 Å². The summed E-state index contributed by atoms with van der Waals surface area (Å²) in [6.45, 7) is 0.532. The molecule has 0 amide bonds. The lowest BCUT2D eigenvalue weighted by Crippen LogP contribution is -2.17. The molecule has 1 aromatic heterocycles. The summed E-state index contributed by atoms with van der Waals surface area (Å²) in [6, 6.07) is 20.7. The molecule has 0 atom stereocenters. The summed E-state index contributed by atoms with van der Waals surface area (Å²) in [5.74, 6) is 0.481. The van der Waals surface area contributed by atoms with Gasteiger partial charge in [-0.1, -0.05) is 47.5 Å². The molecule has 0 fully saturated rings. The zero-order chi connectivity index (χ0) is 21.8. The van der Waals surface area contributed by atoms with Crippen LogP contribution in [0.4, 0.5) is 11.6 Å². The summed E-state index contributed by atoms with van der Waals surface area (Å²) >= 11 is 11.8. The molecule has 4 rings (SSSR count). The van der Waals surface area contributed by atoms with Crippen LogP contribution in [0.3, 0.4) is 0 Å². The molecule has 0 radical (unpaired) electrons. The number of hydrogen-bond donors (Lipinski definition) is 2. The van der Waals surface area contributed by atoms with Crippen LogP contribution < -0.4 is 10.0 Å². The van der Waals surface area contributed by atoms with Crippen molar-refractivity contribution in [3.8, 4) is 0 Å². The molecular formula is C22H18Cl2N4O2S. The number of aromatic nitrogens is 2. The lowest BCUT2D eigenvalue weighted by molar-refractivity contribution is 0.601. The van der Waals surface area contributed by atoms with E-state index in [1.54, 1.807) is 6.07 Å². The molecule has 0 spiro atoms. The monoisotopic (exact) mass is 472 g/mol. The van der Waals surface area contributed by atoms with Crippen LogP contribution in [-0.4, -0.2) is 24.9 Å². The Balaban J connectivity index is 1.61. The first-order valence-corrected chi connectivity index (χ1v) is 11.7. The minimum atomic E-state index is -3.87. The van der Waals surface area contributed by atoms with Crippen LogP contribution in [0.5, 0.6) is 0 Å². The first kappa shape index (κ1) is 21.4. The smallest absolute Gasteiger partial charge is 0.263 e. The van der Waals surface area contributed by atoms with E-state index in [2.05, 4.69) is 20.0 Å². The van der Waals surface area contributed by atoms with Crippen LogP contribution in [0.15, 0.2) is 77.7 Å². The molecule has 1 heterocycles. The van der Waals surface area contributed by atoms with Gasteiger partial charge in [0.05, 0.1) is 15.9 Å². The maximum absolute atomic E-state index is 12.9. The van der Waals surface area contributed by atoms with Crippen LogP contribution in [-0.2, 0) is 16.4 Å². The molecule has 0 aliphatic heterocycles. The number of nitrogens with one attached hydrogen (secondary N) is 2. The van der Waals surface area contributed by atoms with E-state index in [4.69, 9.17) is 23.2 Å². The van der Waals surface area contributed by atoms with Gasteiger partial charge in [-0.3, -0.25) is 4.72 Å². The predicted octanol–water partition coefficient (Wildman–Crippen LogP) is 5.39. The number of nitrogens with zero attached hydrogens (tertiary/aromatic N) is 2. The standard InChI is InChI=1S/C22H18Cl2N4O2S/c23-16-7-5-15(6-8-16)13-14-25-21-22(27-20-4-2-1-3-19(20)26-21)28-31(29,30)18-11-9-17(24)10-12-18/h1-12H,13-14H2,(H,25,26)(H,27,28). The van der Waals surface area contributed by atoms with E-state index in [0.29, 0.717) is 39.9 Å². The lowest BCUT2D eigenvalue weighted by atomic mass is 10.1. The van der Waals surface area contributed by atoms with Crippen molar-refractivity contribution < 1.29 is 8.42 Å². The largest absolute Gasteiger partial charge is 0.367 e. The van der Waals surface area contributed by atoms with Crippen molar-refractivity contribution in [1.82, 2.24) is 9.97 Å². The highest BCUT2D eigenvalue weighted by Gasteiger charge is 2.18. The molecule has 0 aliphatic carbocycles. The maximum Gasteiger partial charge on any atom is 0.263 e. The zero-order valence-electron chi connectivity index (χ0n) is 16.2. The van der Waals surface area contributed by atoms with Crippen molar-refractivity contribution in [2.45, 2.75) is 11.3 Å². The van der Waals surface area contributed by atoms with E-state index >= 15 is 0 Å². The van der Waals surface area contributed by atoms with Gasteiger partial charge in [-0.2, -0.15) is 0 Å². The summed E-state index contributed by atoms with van der Waals surface area (Å²) in [5, 5.41) is 4.33.